The van der Waals surface area contributed by atoms with Gasteiger partial charge in [-0.25, -0.2) is 0 Å². The Balaban J connectivity index is 1.97. The lowest BCUT2D eigenvalue weighted by Gasteiger charge is -1.64. The van der Waals surface area contributed by atoms with Crippen molar-refractivity contribution in [2.75, 3.05) is 0 Å². The summed E-state index contributed by atoms with van der Waals surface area (Å²) in [5.41, 5.74) is 0. The van der Waals surface area contributed by atoms with E-state index in [1.807, 2.05) is 13.4 Å². The van der Waals surface area contributed by atoms with Crippen molar-refractivity contribution < 1.29 is 0 Å². The molecule has 0 N–H and O–H groups in total. The van der Waals surface area contributed by atoms with E-state index in [1.54, 1.807) is 0 Å². The van der Waals surface area contributed by atoms with Crippen molar-refractivity contribution in [2.24, 2.45) is 0 Å². The predicted octanol–water partition coefficient (Wildman–Crippen LogP) is 1.23. The fraction of sp³-hybridized carbons (Fsp3) is 1.00. The largest absolute Gasteiger partial charge is 0.203 e. The molecule has 0 aromatic rings. The van der Waals surface area contributed by atoms with Crippen molar-refractivity contribution in [1.29, 1.82) is 0 Å². The minimum absolute atomic E-state index is 1.43. The van der Waals surface area contributed by atoms with Crippen molar-refractivity contribution in [1.82, 2.24) is 0 Å². The van der Waals surface area contributed by atoms with Crippen LogP contribution in [0, 0.1) is 0 Å². The Labute approximate surface area is 36.3 Å². The van der Waals surface area contributed by atoms with Gasteiger partial charge >= 0.3 is 0 Å². The summed E-state index contributed by atoms with van der Waals surface area (Å²) in [5, 5.41) is 0. The number of hydrogen-bond donors (Lipinski definition) is 1. The summed E-state index contributed by atoms with van der Waals surface area (Å²) in [6.07, 6.45) is 0. The van der Waals surface area contributed by atoms with Crippen LogP contribution in [0.4, 0.5) is 0 Å². The highest BCUT2D eigenvalue weighted by Gasteiger charge is 1.62. The van der Waals surface area contributed by atoms with Gasteiger partial charge in [0.1, 0.15) is 0 Å². The second-order valence-electron chi connectivity index (χ2n) is 0.341. The van der Waals surface area contributed by atoms with E-state index in [9.17, 15) is 0 Å². The average molecular weight is 91.0 g/mol. The molecule has 0 aliphatic heterocycles. The van der Waals surface area contributed by atoms with Gasteiger partial charge in [0.15, 0.2) is 0 Å². The highest BCUT2D eigenvalue weighted by atomic mass is 33.1. The molecule has 23 valence electrons. The van der Waals surface area contributed by atoms with E-state index in [2.05, 4.69) is 11.7 Å². The Kier molecular flexibility index (Phi) is 4.48. The molecule has 0 heterocycles. The van der Waals surface area contributed by atoms with E-state index in [1.165, 1.54) is 10.6 Å². The summed E-state index contributed by atoms with van der Waals surface area (Å²) in [7, 11) is 1.43. The lowest BCUT2D eigenvalue weighted by atomic mass is 10.2. The molecule has 0 saturated carbocycles. The lowest BCUT2D eigenvalue weighted by molar-refractivity contribution is 2.38. The summed E-state index contributed by atoms with van der Waals surface area (Å²) in [6, 6.07) is 0. The van der Waals surface area contributed by atoms with Crippen LogP contribution in [0.15, 0.2) is 0 Å². The third-order valence-corrected chi connectivity index (χ3v) is 0.949. The Bertz CT molecular complexity index is 8.00. The van der Waals surface area contributed by atoms with E-state index < -0.39 is 0 Å². The van der Waals surface area contributed by atoms with Gasteiger partial charge in [0.2, 0.25) is 6.56 Å². The number of thiol groups is 1. The van der Waals surface area contributed by atoms with Crippen LogP contribution in [0.25, 0.3) is 0 Å². The van der Waals surface area contributed by atoms with Gasteiger partial charge in [-0.2, -0.15) is 10.6 Å². The summed E-state index contributed by atoms with van der Waals surface area (Å²) >= 11 is 3.78. The summed E-state index contributed by atoms with van der Waals surface area (Å²) in [6.45, 7) is 3.85. The third-order valence-electron chi connectivity index (χ3n) is 0.105. The summed E-state index contributed by atoms with van der Waals surface area (Å²) in [5.74, 6) is 0. The molecule has 1 radical (unpaired) electrons. The molecule has 4 heavy (non-hydrogen) atoms. The van der Waals surface area contributed by atoms with Crippen molar-refractivity contribution in [3.05, 3.63) is 0 Å². The monoisotopic (exact) mass is 91.0 g/mol. The molecular weight excluding hydrogens is 87.0 g/mol. The minimum atomic E-state index is 1.43. The molecule has 0 atom stereocenters. The topological polar surface area (TPSA) is 0 Å². The maximum Gasteiger partial charge on any atom is 0.203 e. The smallest absolute Gasteiger partial charge is 0.157 e. The van der Waals surface area contributed by atoms with E-state index in [0.717, 1.165) is 0 Å². The number of hydrogen-bond acceptors (Lipinski definition) is 2. The van der Waals surface area contributed by atoms with Gasteiger partial charge in [0, 0.05) is 0 Å². The number of rotatable bonds is 1. The molecule has 0 nitrogen and oxygen atoms in total. The minimum Gasteiger partial charge on any atom is -0.157 e. The molecule has 0 aromatic heterocycles. The van der Waals surface area contributed by atoms with Gasteiger partial charge in [-0.15, -0.1) is 11.7 Å². The van der Waals surface area contributed by atoms with Gasteiger partial charge in [0.25, 0.3) is 0 Å². The Morgan fingerprint density at radius 1 is 2.00 bits per heavy atom. The molecule has 0 fully saturated rings. The normalized spacial score (nSPS) is 6.50. The molecule has 3 heteroatoms. The van der Waals surface area contributed by atoms with Gasteiger partial charge in [-0.05, 0) is 0 Å². The molecule has 0 aliphatic carbocycles. The van der Waals surface area contributed by atoms with Gasteiger partial charge < -0.3 is 0 Å². The van der Waals surface area contributed by atoms with Crippen LogP contribution in [0.2, 0.25) is 6.82 Å². The fourth-order valence-electron chi connectivity index (χ4n) is 0. The van der Waals surface area contributed by atoms with Crippen molar-refractivity contribution >= 4 is 28.9 Å². The highest BCUT2D eigenvalue weighted by molar-refractivity contribution is 8.78. The van der Waals surface area contributed by atoms with Gasteiger partial charge in [-0.3, -0.25) is 0 Å². The molecule has 0 spiro atoms. The summed E-state index contributed by atoms with van der Waals surface area (Å²) < 4.78 is 0. The van der Waals surface area contributed by atoms with Crippen molar-refractivity contribution in [2.45, 2.75) is 6.82 Å². The van der Waals surface area contributed by atoms with Gasteiger partial charge in [-0.1, -0.05) is 6.82 Å². The van der Waals surface area contributed by atoms with Gasteiger partial charge in [0.05, 0.1) is 0 Å². The van der Waals surface area contributed by atoms with E-state index in [4.69, 9.17) is 0 Å². The first-order valence-corrected chi connectivity index (χ1v) is 2.93. The fourth-order valence-corrected chi connectivity index (χ4v) is 0. The van der Waals surface area contributed by atoms with Crippen molar-refractivity contribution in [3.8, 4) is 0 Å². The van der Waals surface area contributed by atoms with E-state index >= 15 is 0 Å². The Morgan fingerprint density at radius 3 is 2.25 bits per heavy atom. The van der Waals surface area contributed by atoms with Crippen LogP contribution in [0.5, 0.6) is 0 Å². The lowest BCUT2D eigenvalue weighted by Crippen LogP contribution is -1.53. The van der Waals surface area contributed by atoms with Crippen LogP contribution < -0.4 is 0 Å². The zero-order valence-corrected chi connectivity index (χ0v) is 4.14. The maximum atomic E-state index is 3.78. The van der Waals surface area contributed by atoms with Crippen LogP contribution in [-0.2, 0) is 0 Å². The third kappa shape index (κ3) is 2.76. The second kappa shape index (κ2) is 3.76. The first kappa shape index (κ1) is 4.76. The van der Waals surface area contributed by atoms with Crippen molar-refractivity contribution in [3.63, 3.8) is 0 Å². The quantitative estimate of drug-likeness (QED) is 0.287. The van der Waals surface area contributed by atoms with E-state index in [0.29, 0.717) is 0 Å². The first-order valence-electron chi connectivity index (χ1n) is 0.996. The Hall–Kier alpha value is 0.765. The highest BCUT2D eigenvalue weighted by Crippen LogP contribution is 1.97. The maximum absolute atomic E-state index is 3.78. The molecule has 0 aliphatic rings. The standard InChI is InChI=1S/CH4BS2/c1-2-4-3/h3H,1H3. The SMILES string of the molecule is C[B]SS. The molecular formula is CH4BS2. The molecule has 0 aromatic carbocycles. The zero-order chi connectivity index (χ0) is 3.41. The summed E-state index contributed by atoms with van der Waals surface area (Å²) in [4.78, 5) is 0. The first-order chi connectivity index (χ1) is 1.91. The molecule has 0 saturated heterocycles. The molecule has 0 unspecified atom stereocenters. The molecule has 0 amide bonds. The van der Waals surface area contributed by atoms with Crippen LogP contribution >= 0.6 is 22.3 Å². The van der Waals surface area contributed by atoms with Crippen LogP contribution in [-0.4, -0.2) is 6.56 Å². The van der Waals surface area contributed by atoms with Crippen LogP contribution in [0.1, 0.15) is 0 Å². The van der Waals surface area contributed by atoms with Crippen LogP contribution in [0.3, 0.4) is 0 Å². The molecule has 0 rings (SSSR count). The Morgan fingerprint density at radius 2 is 2.25 bits per heavy atom. The average Bonchev–Trinajstić information content (AvgIpc) is 1.37. The zero-order valence-electron chi connectivity index (χ0n) is 2.43. The van der Waals surface area contributed by atoms with E-state index in [-0.39, 0.29) is 0 Å². The molecule has 0 bridgehead atoms. The predicted molar refractivity (Wildman–Crippen MR) is 28.2 cm³/mol. The second-order valence-corrected chi connectivity index (χ2v) is 1.66.